The summed E-state index contributed by atoms with van der Waals surface area (Å²) in [5.41, 5.74) is 6.79. The second kappa shape index (κ2) is 5.14. The molecule has 0 saturated carbocycles. The standard InChI is InChI=1S/C13H17N3OS/c1-13(2,17-3)12-16-15-11(18-12)10(14)9-7-5-4-6-8-9/h4-8,10H,14H2,1-3H3. The van der Waals surface area contributed by atoms with Gasteiger partial charge in [0.2, 0.25) is 0 Å². The van der Waals surface area contributed by atoms with E-state index in [0.29, 0.717) is 0 Å². The number of aromatic nitrogens is 2. The Hall–Kier alpha value is -1.30. The molecule has 18 heavy (non-hydrogen) atoms. The van der Waals surface area contributed by atoms with Crippen LogP contribution in [0.2, 0.25) is 0 Å². The lowest BCUT2D eigenvalue weighted by Crippen LogP contribution is -2.18. The zero-order valence-corrected chi connectivity index (χ0v) is 11.6. The molecular formula is C13H17N3OS. The Morgan fingerprint density at radius 1 is 1.22 bits per heavy atom. The van der Waals surface area contributed by atoms with Crippen LogP contribution in [-0.2, 0) is 10.3 Å². The minimum atomic E-state index is -0.424. The summed E-state index contributed by atoms with van der Waals surface area (Å²) < 4.78 is 5.39. The van der Waals surface area contributed by atoms with Gasteiger partial charge in [0.15, 0.2) is 0 Å². The average Bonchev–Trinajstić information content (AvgIpc) is 2.89. The summed E-state index contributed by atoms with van der Waals surface area (Å²) in [6.45, 7) is 3.93. The van der Waals surface area contributed by atoms with Gasteiger partial charge in [-0.1, -0.05) is 41.7 Å². The molecule has 0 bridgehead atoms. The van der Waals surface area contributed by atoms with Gasteiger partial charge in [-0.25, -0.2) is 0 Å². The van der Waals surface area contributed by atoms with Gasteiger partial charge in [0.1, 0.15) is 15.6 Å². The summed E-state index contributed by atoms with van der Waals surface area (Å²) in [7, 11) is 1.66. The van der Waals surface area contributed by atoms with Gasteiger partial charge in [0.25, 0.3) is 0 Å². The first-order valence-electron chi connectivity index (χ1n) is 5.74. The van der Waals surface area contributed by atoms with Crippen LogP contribution >= 0.6 is 11.3 Å². The number of benzene rings is 1. The Balaban J connectivity index is 2.26. The number of hydrogen-bond donors (Lipinski definition) is 1. The molecule has 0 saturated heterocycles. The molecule has 1 atom stereocenters. The molecule has 2 aromatic rings. The van der Waals surface area contributed by atoms with Crippen molar-refractivity contribution in [2.24, 2.45) is 5.73 Å². The smallest absolute Gasteiger partial charge is 0.148 e. The number of hydrogen-bond acceptors (Lipinski definition) is 5. The van der Waals surface area contributed by atoms with Gasteiger partial charge in [-0.2, -0.15) is 0 Å². The normalized spacial score (nSPS) is 13.6. The molecule has 0 spiro atoms. The fourth-order valence-electron chi connectivity index (χ4n) is 1.49. The van der Waals surface area contributed by atoms with E-state index in [2.05, 4.69) is 10.2 Å². The average molecular weight is 263 g/mol. The van der Waals surface area contributed by atoms with Crippen LogP contribution in [0.25, 0.3) is 0 Å². The number of nitrogens with two attached hydrogens (primary N) is 1. The monoisotopic (exact) mass is 263 g/mol. The van der Waals surface area contributed by atoms with Gasteiger partial charge < -0.3 is 10.5 Å². The third kappa shape index (κ3) is 2.58. The molecule has 1 aromatic heterocycles. The molecule has 0 fully saturated rings. The minimum Gasteiger partial charge on any atom is -0.372 e. The van der Waals surface area contributed by atoms with Crippen LogP contribution in [0.3, 0.4) is 0 Å². The molecule has 4 nitrogen and oxygen atoms in total. The van der Waals surface area contributed by atoms with Crippen molar-refractivity contribution in [1.82, 2.24) is 10.2 Å². The molecule has 2 N–H and O–H groups in total. The van der Waals surface area contributed by atoms with Crippen LogP contribution in [0.4, 0.5) is 0 Å². The van der Waals surface area contributed by atoms with Crippen LogP contribution in [0.5, 0.6) is 0 Å². The summed E-state index contributed by atoms with van der Waals surface area (Å²) in [6.07, 6.45) is 0. The van der Waals surface area contributed by atoms with E-state index < -0.39 is 5.60 Å². The van der Waals surface area contributed by atoms with Crippen molar-refractivity contribution in [2.75, 3.05) is 7.11 Å². The van der Waals surface area contributed by atoms with Gasteiger partial charge in [0, 0.05) is 7.11 Å². The molecule has 96 valence electrons. The molecule has 1 unspecified atom stereocenters. The van der Waals surface area contributed by atoms with Crippen molar-refractivity contribution in [1.29, 1.82) is 0 Å². The van der Waals surface area contributed by atoms with E-state index >= 15 is 0 Å². The molecular weight excluding hydrogens is 246 g/mol. The highest BCUT2D eigenvalue weighted by Gasteiger charge is 2.26. The Labute approximate surface area is 111 Å². The predicted molar refractivity (Wildman–Crippen MR) is 72.4 cm³/mol. The maximum Gasteiger partial charge on any atom is 0.148 e. The third-order valence-corrected chi connectivity index (χ3v) is 4.20. The highest BCUT2D eigenvalue weighted by Crippen LogP contribution is 2.30. The van der Waals surface area contributed by atoms with Gasteiger partial charge in [0.05, 0.1) is 6.04 Å². The van der Waals surface area contributed by atoms with Crippen molar-refractivity contribution in [2.45, 2.75) is 25.5 Å². The largest absolute Gasteiger partial charge is 0.372 e. The van der Waals surface area contributed by atoms with E-state index in [-0.39, 0.29) is 6.04 Å². The topological polar surface area (TPSA) is 61.0 Å². The number of ether oxygens (including phenoxy) is 1. The minimum absolute atomic E-state index is 0.231. The van der Waals surface area contributed by atoms with Crippen molar-refractivity contribution >= 4 is 11.3 Å². The van der Waals surface area contributed by atoms with Crippen molar-refractivity contribution in [3.63, 3.8) is 0 Å². The summed E-state index contributed by atoms with van der Waals surface area (Å²) >= 11 is 1.50. The van der Waals surface area contributed by atoms with Crippen molar-refractivity contribution in [3.05, 3.63) is 45.9 Å². The van der Waals surface area contributed by atoms with Crippen LogP contribution in [0, 0.1) is 0 Å². The maximum absolute atomic E-state index is 6.18. The summed E-state index contributed by atoms with van der Waals surface area (Å²) in [4.78, 5) is 0. The van der Waals surface area contributed by atoms with Gasteiger partial charge in [-0.15, -0.1) is 10.2 Å². The van der Waals surface area contributed by atoms with E-state index in [0.717, 1.165) is 15.6 Å². The summed E-state index contributed by atoms with van der Waals surface area (Å²) in [5, 5.41) is 9.99. The second-order valence-corrected chi connectivity index (χ2v) is 5.56. The van der Waals surface area contributed by atoms with Crippen LogP contribution in [0.15, 0.2) is 30.3 Å². The van der Waals surface area contributed by atoms with E-state index in [1.165, 1.54) is 11.3 Å². The molecule has 1 heterocycles. The molecule has 0 amide bonds. The maximum atomic E-state index is 6.18. The molecule has 0 aliphatic heterocycles. The fraction of sp³-hybridized carbons (Fsp3) is 0.385. The highest BCUT2D eigenvalue weighted by molar-refractivity contribution is 7.11. The Morgan fingerprint density at radius 3 is 2.50 bits per heavy atom. The summed E-state index contributed by atoms with van der Waals surface area (Å²) in [6, 6.07) is 9.66. The zero-order valence-electron chi connectivity index (χ0n) is 10.8. The lowest BCUT2D eigenvalue weighted by atomic mass is 10.1. The van der Waals surface area contributed by atoms with Gasteiger partial charge >= 0.3 is 0 Å². The lowest BCUT2D eigenvalue weighted by molar-refractivity contribution is 0.0185. The Kier molecular flexibility index (Phi) is 3.75. The van der Waals surface area contributed by atoms with Crippen LogP contribution in [0.1, 0.15) is 35.5 Å². The quantitative estimate of drug-likeness (QED) is 0.920. The van der Waals surface area contributed by atoms with Gasteiger partial charge in [-0.3, -0.25) is 0 Å². The molecule has 1 aromatic carbocycles. The number of nitrogens with zero attached hydrogens (tertiary/aromatic N) is 2. The predicted octanol–water partition coefficient (Wildman–Crippen LogP) is 2.47. The Morgan fingerprint density at radius 2 is 1.89 bits per heavy atom. The highest BCUT2D eigenvalue weighted by atomic mass is 32.1. The molecule has 0 aliphatic rings. The van der Waals surface area contributed by atoms with E-state index in [9.17, 15) is 0 Å². The zero-order chi connectivity index (χ0) is 13.2. The van der Waals surface area contributed by atoms with Crippen molar-refractivity contribution < 1.29 is 4.74 Å². The second-order valence-electron chi connectivity index (χ2n) is 4.55. The first kappa shape index (κ1) is 13.1. The van der Waals surface area contributed by atoms with Crippen molar-refractivity contribution in [3.8, 4) is 0 Å². The lowest BCUT2D eigenvalue weighted by Gasteiger charge is -2.18. The molecule has 0 aliphatic carbocycles. The fourth-order valence-corrected chi connectivity index (χ4v) is 2.45. The SMILES string of the molecule is COC(C)(C)c1nnc(C(N)c2ccccc2)s1. The summed E-state index contributed by atoms with van der Waals surface area (Å²) in [5.74, 6) is 0. The van der Waals surface area contributed by atoms with Crippen LogP contribution < -0.4 is 5.73 Å². The number of rotatable bonds is 4. The first-order chi connectivity index (χ1) is 8.54. The van der Waals surface area contributed by atoms with E-state index in [4.69, 9.17) is 10.5 Å². The van der Waals surface area contributed by atoms with Gasteiger partial charge in [-0.05, 0) is 19.4 Å². The third-order valence-electron chi connectivity index (χ3n) is 2.89. The number of methoxy groups -OCH3 is 1. The molecule has 2 rings (SSSR count). The first-order valence-corrected chi connectivity index (χ1v) is 6.56. The molecule has 0 radical (unpaired) electrons. The van der Waals surface area contributed by atoms with E-state index in [1.807, 2.05) is 44.2 Å². The van der Waals surface area contributed by atoms with E-state index in [1.54, 1.807) is 7.11 Å². The van der Waals surface area contributed by atoms with Crippen LogP contribution in [-0.4, -0.2) is 17.3 Å². The molecule has 5 heteroatoms. The Bertz CT molecular complexity index is 510.